The smallest absolute Gasteiger partial charge is 0.0553 e. The Morgan fingerprint density at radius 3 is 2.65 bits per heavy atom. The Morgan fingerprint density at radius 1 is 1.41 bits per heavy atom. The van der Waals surface area contributed by atoms with Gasteiger partial charge in [0.15, 0.2) is 0 Å². The number of aromatic nitrogens is 2. The first-order valence-corrected chi connectivity index (χ1v) is 6.93. The molecule has 1 aromatic heterocycles. The predicted octanol–water partition coefficient (Wildman–Crippen LogP) is 2.90. The van der Waals surface area contributed by atoms with Crippen LogP contribution in [0.2, 0.25) is 0 Å². The third-order valence-electron chi connectivity index (χ3n) is 4.13. The highest BCUT2D eigenvalue weighted by Crippen LogP contribution is 2.36. The van der Waals surface area contributed by atoms with Crippen molar-refractivity contribution in [2.75, 3.05) is 6.54 Å². The van der Waals surface area contributed by atoms with Crippen molar-refractivity contribution in [3.05, 3.63) is 18.0 Å². The van der Waals surface area contributed by atoms with Gasteiger partial charge in [0, 0.05) is 13.2 Å². The van der Waals surface area contributed by atoms with Crippen LogP contribution in [0, 0.1) is 11.8 Å². The molecule has 0 spiro atoms. The molecule has 1 saturated carbocycles. The van der Waals surface area contributed by atoms with Gasteiger partial charge in [-0.3, -0.25) is 4.68 Å². The van der Waals surface area contributed by atoms with Crippen LogP contribution in [0.25, 0.3) is 0 Å². The van der Waals surface area contributed by atoms with E-state index in [1.807, 2.05) is 17.9 Å². The molecule has 3 nitrogen and oxygen atoms in total. The van der Waals surface area contributed by atoms with Gasteiger partial charge in [0.2, 0.25) is 0 Å². The second-order valence-electron chi connectivity index (χ2n) is 5.43. The number of nitrogens with zero attached hydrogens (tertiary/aromatic N) is 2. The quantitative estimate of drug-likeness (QED) is 0.869. The summed E-state index contributed by atoms with van der Waals surface area (Å²) in [5, 5.41) is 7.96. The van der Waals surface area contributed by atoms with Crippen LogP contribution in [-0.2, 0) is 7.05 Å². The van der Waals surface area contributed by atoms with E-state index in [1.165, 1.54) is 31.4 Å². The first-order chi connectivity index (χ1) is 8.22. The molecule has 1 atom stereocenters. The Kier molecular flexibility index (Phi) is 4.21. The first-order valence-electron chi connectivity index (χ1n) is 6.93. The molecule has 0 aliphatic heterocycles. The molecular weight excluding hydrogens is 210 g/mol. The van der Waals surface area contributed by atoms with Crippen molar-refractivity contribution in [2.24, 2.45) is 18.9 Å². The largest absolute Gasteiger partial charge is 0.309 e. The lowest BCUT2D eigenvalue weighted by Crippen LogP contribution is -2.32. The lowest BCUT2D eigenvalue weighted by molar-refractivity contribution is 0.227. The van der Waals surface area contributed by atoms with E-state index in [0.29, 0.717) is 6.04 Å². The average molecular weight is 235 g/mol. The van der Waals surface area contributed by atoms with Crippen molar-refractivity contribution >= 4 is 0 Å². The summed E-state index contributed by atoms with van der Waals surface area (Å²) in [5.41, 5.74) is 1.34. The fourth-order valence-electron chi connectivity index (χ4n) is 3.04. The molecule has 0 aromatic carbocycles. The van der Waals surface area contributed by atoms with Crippen molar-refractivity contribution < 1.29 is 0 Å². The molecule has 1 aliphatic rings. The van der Waals surface area contributed by atoms with Gasteiger partial charge in [-0.1, -0.05) is 26.7 Å². The molecule has 1 heterocycles. The summed E-state index contributed by atoms with van der Waals surface area (Å²) in [6.45, 7) is 5.60. The molecule has 1 aromatic rings. The second kappa shape index (κ2) is 5.67. The van der Waals surface area contributed by atoms with Crippen LogP contribution in [0.1, 0.15) is 51.3 Å². The van der Waals surface area contributed by atoms with E-state index in [9.17, 15) is 0 Å². The fraction of sp³-hybridized carbons (Fsp3) is 0.786. The molecule has 0 radical (unpaired) electrons. The highest BCUT2D eigenvalue weighted by Gasteiger charge is 2.28. The zero-order valence-corrected chi connectivity index (χ0v) is 11.3. The molecular formula is C14H25N3. The Bertz CT molecular complexity index is 337. The summed E-state index contributed by atoms with van der Waals surface area (Å²) in [4.78, 5) is 0. The number of aryl methyl sites for hydroxylation is 1. The molecule has 2 rings (SSSR count). The molecule has 1 N–H and O–H groups in total. The van der Waals surface area contributed by atoms with E-state index in [2.05, 4.69) is 30.3 Å². The summed E-state index contributed by atoms with van der Waals surface area (Å²) < 4.78 is 2.02. The first kappa shape index (κ1) is 12.6. The van der Waals surface area contributed by atoms with Gasteiger partial charge in [-0.2, -0.15) is 5.10 Å². The van der Waals surface area contributed by atoms with Gasteiger partial charge in [-0.05, 0) is 37.3 Å². The van der Waals surface area contributed by atoms with E-state index >= 15 is 0 Å². The lowest BCUT2D eigenvalue weighted by Gasteiger charge is -2.33. The number of rotatable bonds is 4. The summed E-state index contributed by atoms with van der Waals surface area (Å²) in [6, 6.07) is 2.64. The normalized spacial score (nSPS) is 27.0. The molecule has 96 valence electrons. The van der Waals surface area contributed by atoms with Crippen LogP contribution in [-0.4, -0.2) is 16.3 Å². The molecule has 17 heavy (non-hydrogen) atoms. The van der Waals surface area contributed by atoms with Crippen LogP contribution in [0.3, 0.4) is 0 Å². The Labute approximate surface area is 105 Å². The highest BCUT2D eigenvalue weighted by molar-refractivity contribution is 5.08. The Hall–Kier alpha value is -0.830. The maximum absolute atomic E-state index is 4.31. The van der Waals surface area contributed by atoms with Gasteiger partial charge >= 0.3 is 0 Å². The SMILES string of the molecule is CCNC(c1ccnn1C)C1CCC(C)CC1. The van der Waals surface area contributed by atoms with Crippen LogP contribution in [0.4, 0.5) is 0 Å². The van der Waals surface area contributed by atoms with E-state index in [0.717, 1.165) is 18.4 Å². The van der Waals surface area contributed by atoms with Gasteiger partial charge in [0.05, 0.1) is 11.7 Å². The second-order valence-corrected chi connectivity index (χ2v) is 5.43. The van der Waals surface area contributed by atoms with Crippen LogP contribution in [0.15, 0.2) is 12.3 Å². The third-order valence-corrected chi connectivity index (χ3v) is 4.13. The topological polar surface area (TPSA) is 29.9 Å². The van der Waals surface area contributed by atoms with Crippen molar-refractivity contribution in [1.29, 1.82) is 0 Å². The van der Waals surface area contributed by atoms with Gasteiger partial charge in [-0.15, -0.1) is 0 Å². The molecule has 3 heteroatoms. The summed E-state index contributed by atoms with van der Waals surface area (Å²) in [5.74, 6) is 1.70. The van der Waals surface area contributed by atoms with Crippen molar-refractivity contribution in [3.63, 3.8) is 0 Å². The summed E-state index contributed by atoms with van der Waals surface area (Å²) in [7, 11) is 2.05. The van der Waals surface area contributed by atoms with Gasteiger partial charge < -0.3 is 5.32 Å². The van der Waals surface area contributed by atoms with Crippen molar-refractivity contribution in [2.45, 2.75) is 45.6 Å². The minimum atomic E-state index is 0.486. The molecule has 1 unspecified atom stereocenters. The zero-order valence-electron chi connectivity index (χ0n) is 11.3. The number of hydrogen-bond donors (Lipinski definition) is 1. The molecule has 1 aliphatic carbocycles. The molecule has 0 amide bonds. The predicted molar refractivity (Wildman–Crippen MR) is 70.7 cm³/mol. The highest BCUT2D eigenvalue weighted by atomic mass is 15.3. The third kappa shape index (κ3) is 2.89. The fourth-order valence-corrected chi connectivity index (χ4v) is 3.04. The number of hydrogen-bond acceptors (Lipinski definition) is 2. The van der Waals surface area contributed by atoms with Gasteiger partial charge in [-0.25, -0.2) is 0 Å². The Morgan fingerprint density at radius 2 is 2.12 bits per heavy atom. The maximum Gasteiger partial charge on any atom is 0.0553 e. The van der Waals surface area contributed by atoms with Gasteiger partial charge in [0.25, 0.3) is 0 Å². The van der Waals surface area contributed by atoms with Gasteiger partial charge in [0.1, 0.15) is 0 Å². The van der Waals surface area contributed by atoms with Crippen molar-refractivity contribution in [1.82, 2.24) is 15.1 Å². The molecule has 0 bridgehead atoms. The minimum absolute atomic E-state index is 0.486. The Balaban J connectivity index is 2.09. The monoisotopic (exact) mass is 235 g/mol. The standard InChI is InChI=1S/C14H25N3/c1-4-15-14(13-9-10-16-17(13)3)12-7-5-11(2)6-8-12/h9-12,14-15H,4-8H2,1-3H3. The van der Waals surface area contributed by atoms with E-state index in [-0.39, 0.29) is 0 Å². The number of nitrogens with one attached hydrogen (secondary N) is 1. The molecule has 1 fully saturated rings. The van der Waals surface area contributed by atoms with Crippen LogP contribution in [0.5, 0.6) is 0 Å². The van der Waals surface area contributed by atoms with Crippen LogP contribution < -0.4 is 5.32 Å². The van der Waals surface area contributed by atoms with E-state index < -0.39 is 0 Å². The average Bonchev–Trinajstić information content (AvgIpc) is 2.74. The molecule has 0 saturated heterocycles. The summed E-state index contributed by atoms with van der Waals surface area (Å²) >= 11 is 0. The summed E-state index contributed by atoms with van der Waals surface area (Å²) in [6.07, 6.45) is 7.37. The van der Waals surface area contributed by atoms with Crippen LogP contribution >= 0.6 is 0 Å². The van der Waals surface area contributed by atoms with E-state index in [1.54, 1.807) is 0 Å². The van der Waals surface area contributed by atoms with Crippen molar-refractivity contribution in [3.8, 4) is 0 Å². The minimum Gasteiger partial charge on any atom is -0.309 e. The van der Waals surface area contributed by atoms with E-state index in [4.69, 9.17) is 0 Å². The zero-order chi connectivity index (χ0) is 12.3. The lowest BCUT2D eigenvalue weighted by atomic mass is 9.78. The maximum atomic E-state index is 4.31.